The first-order chi connectivity index (χ1) is 10.7. The van der Waals surface area contributed by atoms with E-state index in [1.54, 1.807) is 7.11 Å². The molecule has 0 unspecified atom stereocenters. The molecule has 1 aromatic heterocycles. The van der Waals surface area contributed by atoms with Crippen molar-refractivity contribution in [2.24, 2.45) is 4.99 Å². The Morgan fingerprint density at radius 1 is 1.32 bits per heavy atom. The summed E-state index contributed by atoms with van der Waals surface area (Å²) < 4.78 is 5.09. The van der Waals surface area contributed by atoms with Crippen molar-refractivity contribution in [3.05, 3.63) is 22.4 Å². The van der Waals surface area contributed by atoms with Crippen LogP contribution in [0.4, 0.5) is 0 Å². The predicted molar refractivity (Wildman–Crippen MR) is 96.0 cm³/mol. The van der Waals surface area contributed by atoms with E-state index in [-0.39, 0.29) is 0 Å². The Hall–Kier alpha value is -1.11. The fourth-order valence-electron chi connectivity index (χ4n) is 1.99. The summed E-state index contributed by atoms with van der Waals surface area (Å²) in [6.45, 7) is 7.42. The van der Waals surface area contributed by atoms with E-state index in [1.165, 1.54) is 4.88 Å². The molecular weight excluding hydrogens is 296 g/mol. The molecule has 0 fully saturated rings. The molecule has 1 heterocycles. The Kier molecular flexibility index (Phi) is 9.86. The molecule has 1 rings (SSSR count). The summed E-state index contributed by atoms with van der Waals surface area (Å²) in [4.78, 5) is 10.6. The van der Waals surface area contributed by atoms with E-state index in [9.17, 15) is 0 Å². The van der Waals surface area contributed by atoms with Crippen molar-refractivity contribution in [1.82, 2.24) is 15.1 Å². The molecule has 0 aliphatic carbocycles. The van der Waals surface area contributed by atoms with Gasteiger partial charge in [-0.3, -0.25) is 4.99 Å². The highest BCUT2D eigenvalue weighted by Gasteiger charge is 2.06. The molecule has 0 aliphatic rings. The minimum atomic E-state index is 0.765. The summed E-state index contributed by atoms with van der Waals surface area (Å²) in [5.41, 5.74) is 0. The van der Waals surface area contributed by atoms with Crippen LogP contribution in [0.3, 0.4) is 0 Å². The molecule has 0 bridgehead atoms. The lowest BCUT2D eigenvalue weighted by molar-refractivity contribution is 0.163. The highest BCUT2D eigenvalue weighted by molar-refractivity contribution is 7.09. The minimum absolute atomic E-state index is 0.765. The van der Waals surface area contributed by atoms with Gasteiger partial charge in [0.25, 0.3) is 0 Å². The van der Waals surface area contributed by atoms with Gasteiger partial charge >= 0.3 is 0 Å². The number of guanidine groups is 1. The lowest BCUT2D eigenvalue weighted by Crippen LogP contribution is -2.40. The van der Waals surface area contributed by atoms with Crippen molar-refractivity contribution >= 4 is 17.3 Å². The molecule has 1 N–H and O–H groups in total. The molecule has 0 atom stereocenters. The fourth-order valence-corrected chi connectivity index (χ4v) is 2.69. The first-order valence-corrected chi connectivity index (χ1v) is 8.74. The molecule has 0 radical (unpaired) electrons. The Morgan fingerprint density at radius 2 is 2.14 bits per heavy atom. The SMILES string of the molecule is CCNC(=NCCN(C)CCOC)N(C)CCc1cccs1. The molecule has 0 saturated heterocycles. The average molecular weight is 327 g/mol. The molecule has 126 valence electrons. The van der Waals surface area contributed by atoms with Crippen LogP contribution in [0.2, 0.25) is 0 Å². The molecule has 0 spiro atoms. The zero-order valence-corrected chi connectivity index (χ0v) is 15.2. The van der Waals surface area contributed by atoms with Gasteiger partial charge in [0.1, 0.15) is 0 Å². The van der Waals surface area contributed by atoms with E-state index in [0.717, 1.165) is 51.7 Å². The van der Waals surface area contributed by atoms with Crippen LogP contribution >= 0.6 is 11.3 Å². The van der Waals surface area contributed by atoms with Crippen molar-refractivity contribution in [3.63, 3.8) is 0 Å². The smallest absolute Gasteiger partial charge is 0.193 e. The third kappa shape index (κ3) is 7.77. The van der Waals surface area contributed by atoms with Crippen LogP contribution in [0, 0.1) is 0 Å². The summed E-state index contributed by atoms with van der Waals surface area (Å²) >= 11 is 1.81. The van der Waals surface area contributed by atoms with Gasteiger partial charge in [-0.25, -0.2) is 0 Å². The van der Waals surface area contributed by atoms with E-state index in [2.05, 4.69) is 53.6 Å². The number of aliphatic imine (C=N–C) groups is 1. The van der Waals surface area contributed by atoms with Gasteiger partial charge in [-0.05, 0) is 31.8 Å². The largest absolute Gasteiger partial charge is 0.383 e. The Morgan fingerprint density at radius 3 is 2.77 bits per heavy atom. The van der Waals surface area contributed by atoms with Gasteiger partial charge in [-0.1, -0.05) is 6.07 Å². The van der Waals surface area contributed by atoms with E-state index >= 15 is 0 Å². The van der Waals surface area contributed by atoms with Gasteiger partial charge in [0, 0.05) is 45.2 Å². The molecule has 0 aliphatic heterocycles. The second kappa shape index (κ2) is 11.5. The van der Waals surface area contributed by atoms with E-state index in [1.807, 2.05) is 11.3 Å². The minimum Gasteiger partial charge on any atom is -0.383 e. The number of nitrogens with zero attached hydrogens (tertiary/aromatic N) is 3. The first-order valence-electron chi connectivity index (χ1n) is 7.86. The van der Waals surface area contributed by atoms with Gasteiger partial charge < -0.3 is 19.9 Å². The summed E-state index contributed by atoms with van der Waals surface area (Å²) in [7, 11) is 5.93. The van der Waals surface area contributed by atoms with Crippen molar-refractivity contribution < 1.29 is 4.74 Å². The Bertz CT molecular complexity index is 408. The molecule has 0 saturated carbocycles. The lowest BCUT2D eigenvalue weighted by Gasteiger charge is -2.22. The maximum Gasteiger partial charge on any atom is 0.193 e. The predicted octanol–water partition coefficient (Wildman–Crippen LogP) is 1.77. The normalized spacial score (nSPS) is 12.0. The molecule has 0 amide bonds. The van der Waals surface area contributed by atoms with Crippen LogP contribution in [-0.2, 0) is 11.2 Å². The molecule has 5 nitrogen and oxygen atoms in total. The van der Waals surface area contributed by atoms with Gasteiger partial charge in [0.05, 0.1) is 13.2 Å². The highest BCUT2D eigenvalue weighted by atomic mass is 32.1. The summed E-state index contributed by atoms with van der Waals surface area (Å²) in [5, 5.41) is 5.49. The zero-order valence-electron chi connectivity index (χ0n) is 14.3. The number of thiophene rings is 1. The molecule has 6 heteroatoms. The van der Waals surface area contributed by atoms with Crippen LogP contribution in [-0.4, -0.2) is 76.3 Å². The number of hydrogen-bond donors (Lipinski definition) is 1. The molecule has 0 aromatic carbocycles. The number of ether oxygens (including phenoxy) is 1. The average Bonchev–Trinajstić information content (AvgIpc) is 3.03. The lowest BCUT2D eigenvalue weighted by atomic mass is 10.3. The Balaban J connectivity index is 2.39. The van der Waals surface area contributed by atoms with E-state index in [4.69, 9.17) is 9.73 Å². The number of likely N-dealkylation sites (N-methyl/N-ethyl adjacent to an activating group) is 2. The van der Waals surface area contributed by atoms with Crippen molar-refractivity contribution in [2.45, 2.75) is 13.3 Å². The summed E-state index contributed by atoms with van der Waals surface area (Å²) in [5.74, 6) is 0.985. The maximum absolute atomic E-state index is 5.09. The van der Waals surface area contributed by atoms with Gasteiger partial charge in [0.15, 0.2) is 5.96 Å². The number of hydrogen-bond acceptors (Lipinski definition) is 4. The quantitative estimate of drug-likeness (QED) is 0.525. The Labute approximate surface area is 139 Å². The van der Waals surface area contributed by atoms with E-state index < -0.39 is 0 Å². The number of nitrogens with one attached hydrogen (secondary N) is 1. The zero-order chi connectivity index (χ0) is 16.2. The van der Waals surface area contributed by atoms with Crippen LogP contribution in [0.1, 0.15) is 11.8 Å². The monoisotopic (exact) mass is 326 g/mol. The third-order valence-corrected chi connectivity index (χ3v) is 4.33. The van der Waals surface area contributed by atoms with Crippen LogP contribution in [0.5, 0.6) is 0 Å². The molecule has 22 heavy (non-hydrogen) atoms. The molecule has 1 aromatic rings. The first kappa shape index (κ1) is 18.9. The van der Waals surface area contributed by atoms with Crippen molar-refractivity contribution in [3.8, 4) is 0 Å². The van der Waals surface area contributed by atoms with Gasteiger partial charge in [-0.2, -0.15) is 0 Å². The second-order valence-corrected chi connectivity index (χ2v) is 6.31. The third-order valence-electron chi connectivity index (χ3n) is 3.39. The van der Waals surface area contributed by atoms with Gasteiger partial charge in [0.2, 0.25) is 0 Å². The standard InChI is InChI=1S/C16H30N4OS/c1-5-17-16(18-9-11-19(2)12-13-21-4)20(3)10-8-15-7-6-14-22-15/h6-7,14H,5,8-13H2,1-4H3,(H,17,18). The maximum atomic E-state index is 5.09. The topological polar surface area (TPSA) is 40.1 Å². The summed E-state index contributed by atoms with van der Waals surface area (Å²) in [6.07, 6.45) is 1.06. The van der Waals surface area contributed by atoms with Gasteiger partial charge in [-0.15, -0.1) is 11.3 Å². The number of methoxy groups -OCH3 is 1. The van der Waals surface area contributed by atoms with Crippen LogP contribution in [0.15, 0.2) is 22.5 Å². The van der Waals surface area contributed by atoms with Crippen LogP contribution in [0.25, 0.3) is 0 Å². The van der Waals surface area contributed by atoms with Crippen molar-refractivity contribution in [2.75, 3.05) is 60.5 Å². The van der Waals surface area contributed by atoms with E-state index in [0.29, 0.717) is 0 Å². The van der Waals surface area contributed by atoms with Crippen molar-refractivity contribution in [1.29, 1.82) is 0 Å². The fraction of sp³-hybridized carbons (Fsp3) is 0.688. The van der Waals surface area contributed by atoms with Crippen LogP contribution < -0.4 is 5.32 Å². The summed E-state index contributed by atoms with van der Waals surface area (Å²) in [6, 6.07) is 4.29. The second-order valence-electron chi connectivity index (χ2n) is 5.28. The molecular formula is C16H30N4OS. The highest BCUT2D eigenvalue weighted by Crippen LogP contribution is 2.09. The number of rotatable bonds is 10.